The van der Waals surface area contributed by atoms with Crippen LogP contribution >= 0.6 is 11.8 Å². The molecule has 0 radical (unpaired) electrons. The number of hydrogen-bond donors (Lipinski definition) is 1. The molecule has 0 aliphatic heterocycles. The Morgan fingerprint density at radius 1 is 1.11 bits per heavy atom. The average Bonchev–Trinajstić information content (AvgIpc) is 2.45. The normalized spacial score (nSPS) is 11.7. The van der Waals surface area contributed by atoms with Gasteiger partial charge in [0.05, 0.1) is 0 Å². The monoisotopic (exact) mass is 265 g/mol. The van der Waals surface area contributed by atoms with E-state index in [4.69, 9.17) is 0 Å². The van der Waals surface area contributed by atoms with Crippen molar-refractivity contribution in [2.45, 2.75) is 44.3 Å². The van der Waals surface area contributed by atoms with E-state index in [1.165, 1.54) is 31.2 Å². The molecule has 1 nitrogen and oxygen atoms in total. The zero-order valence-electron chi connectivity index (χ0n) is 12.0. The van der Waals surface area contributed by atoms with Crippen LogP contribution < -0.4 is 5.32 Å². The van der Waals surface area contributed by atoms with Crippen molar-refractivity contribution in [3.05, 3.63) is 35.9 Å². The zero-order valence-corrected chi connectivity index (χ0v) is 12.9. The summed E-state index contributed by atoms with van der Waals surface area (Å²) >= 11 is 2.01. The van der Waals surface area contributed by atoms with Crippen LogP contribution in [0.1, 0.15) is 38.7 Å². The quantitative estimate of drug-likeness (QED) is 0.674. The van der Waals surface area contributed by atoms with E-state index in [1.54, 1.807) is 0 Å². The number of benzene rings is 1. The first-order chi connectivity index (χ1) is 8.76. The molecule has 0 aromatic heterocycles. The van der Waals surface area contributed by atoms with E-state index in [9.17, 15) is 0 Å². The van der Waals surface area contributed by atoms with Crippen molar-refractivity contribution in [3.8, 4) is 0 Å². The Hall–Kier alpha value is -0.470. The van der Waals surface area contributed by atoms with E-state index in [0.29, 0.717) is 4.75 Å². The van der Waals surface area contributed by atoms with Crippen LogP contribution in [0.5, 0.6) is 0 Å². The van der Waals surface area contributed by atoms with Gasteiger partial charge in [-0.1, -0.05) is 44.2 Å². The second kappa shape index (κ2) is 8.60. The molecule has 0 aliphatic rings. The molecule has 1 aromatic rings. The maximum atomic E-state index is 3.63. The second-order valence-corrected chi connectivity index (χ2v) is 6.13. The Morgan fingerprint density at radius 2 is 1.78 bits per heavy atom. The van der Waals surface area contributed by atoms with Gasteiger partial charge in [0.2, 0.25) is 0 Å². The summed E-state index contributed by atoms with van der Waals surface area (Å²) in [6.45, 7) is 6.85. The Balaban J connectivity index is 2.18. The highest BCUT2D eigenvalue weighted by Crippen LogP contribution is 2.29. The summed E-state index contributed by atoms with van der Waals surface area (Å²) in [6, 6.07) is 10.7. The summed E-state index contributed by atoms with van der Waals surface area (Å²) in [7, 11) is 0. The van der Waals surface area contributed by atoms with Crippen LogP contribution in [0.2, 0.25) is 0 Å². The van der Waals surface area contributed by atoms with Crippen LogP contribution in [0.25, 0.3) is 0 Å². The van der Waals surface area contributed by atoms with Crippen molar-refractivity contribution in [1.82, 2.24) is 5.32 Å². The summed E-state index contributed by atoms with van der Waals surface area (Å²) in [5.74, 6) is 0. The van der Waals surface area contributed by atoms with Crippen LogP contribution in [-0.4, -0.2) is 24.1 Å². The number of thioether (sulfide) groups is 1. The van der Waals surface area contributed by atoms with E-state index < -0.39 is 0 Å². The fourth-order valence-corrected chi connectivity index (χ4v) is 3.06. The smallest absolute Gasteiger partial charge is 0.0276 e. The molecular weight excluding hydrogens is 238 g/mol. The van der Waals surface area contributed by atoms with Crippen LogP contribution in [-0.2, 0) is 6.42 Å². The zero-order chi connectivity index (χ0) is 13.3. The van der Waals surface area contributed by atoms with Crippen LogP contribution in [0.15, 0.2) is 30.3 Å². The third-order valence-electron chi connectivity index (χ3n) is 3.83. The lowest BCUT2D eigenvalue weighted by Gasteiger charge is -2.30. The molecule has 1 aromatic carbocycles. The minimum Gasteiger partial charge on any atom is -0.315 e. The SMILES string of the molecule is CCC(CC)(CNCCCc1ccccc1)SC. The first kappa shape index (κ1) is 15.6. The minimum absolute atomic E-state index is 0.437. The highest BCUT2D eigenvalue weighted by atomic mass is 32.2. The van der Waals surface area contributed by atoms with E-state index in [-0.39, 0.29) is 0 Å². The van der Waals surface area contributed by atoms with Crippen molar-refractivity contribution >= 4 is 11.8 Å². The molecule has 0 unspecified atom stereocenters. The summed E-state index contributed by atoms with van der Waals surface area (Å²) in [6.07, 6.45) is 7.13. The predicted octanol–water partition coefficient (Wildman–Crippen LogP) is 4.13. The largest absolute Gasteiger partial charge is 0.315 e. The van der Waals surface area contributed by atoms with Crippen molar-refractivity contribution in [2.24, 2.45) is 0 Å². The molecular formula is C16H27NS. The Morgan fingerprint density at radius 3 is 2.33 bits per heavy atom. The third-order valence-corrected chi connectivity index (χ3v) is 5.42. The summed E-state index contributed by atoms with van der Waals surface area (Å²) in [5.41, 5.74) is 1.45. The van der Waals surface area contributed by atoms with Gasteiger partial charge in [0.15, 0.2) is 0 Å². The Bertz CT molecular complexity index is 298. The molecule has 102 valence electrons. The lowest BCUT2D eigenvalue weighted by molar-refractivity contribution is 0.491. The molecule has 0 saturated carbocycles. The number of hydrogen-bond acceptors (Lipinski definition) is 2. The topological polar surface area (TPSA) is 12.0 Å². The minimum atomic E-state index is 0.437. The fourth-order valence-electron chi connectivity index (χ4n) is 2.24. The highest BCUT2D eigenvalue weighted by molar-refractivity contribution is 8.00. The van der Waals surface area contributed by atoms with E-state index in [1.807, 2.05) is 11.8 Å². The standard InChI is InChI=1S/C16H27NS/c1-4-16(5-2,18-3)14-17-13-9-12-15-10-7-6-8-11-15/h6-8,10-11,17H,4-5,9,12-14H2,1-3H3. The average molecular weight is 265 g/mol. The van der Waals surface area contributed by atoms with Crippen LogP contribution in [0.4, 0.5) is 0 Å². The van der Waals surface area contributed by atoms with Crippen LogP contribution in [0, 0.1) is 0 Å². The predicted molar refractivity (Wildman–Crippen MR) is 84.5 cm³/mol. The number of rotatable bonds is 9. The molecule has 1 N–H and O–H groups in total. The lowest BCUT2D eigenvalue weighted by Crippen LogP contribution is -2.37. The molecule has 0 aliphatic carbocycles. The fraction of sp³-hybridized carbons (Fsp3) is 0.625. The van der Waals surface area contributed by atoms with Gasteiger partial charge in [-0.3, -0.25) is 0 Å². The molecule has 18 heavy (non-hydrogen) atoms. The molecule has 0 saturated heterocycles. The van der Waals surface area contributed by atoms with Gasteiger partial charge in [0.1, 0.15) is 0 Å². The van der Waals surface area contributed by atoms with Gasteiger partial charge in [-0.2, -0.15) is 11.8 Å². The molecule has 1 rings (SSSR count). The maximum absolute atomic E-state index is 3.63. The van der Waals surface area contributed by atoms with Gasteiger partial charge in [0, 0.05) is 11.3 Å². The Kier molecular flexibility index (Phi) is 7.45. The first-order valence-electron chi connectivity index (χ1n) is 7.06. The summed E-state index contributed by atoms with van der Waals surface area (Å²) < 4.78 is 0.437. The van der Waals surface area contributed by atoms with Gasteiger partial charge in [-0.05, 0) is 44.0 Å². The maximum Gasteiger partial charge on any atom is 0.0276 e. The van der Waals surface area contributed by atoms with Crippen molar-refractivity contribution < 1.29 is 0 Å². The van der Waals surface area contributed by atoms with E-state index in [0.717, 1.165) is 13.1 Å². The van der Waals surface area contributed by atoms with Gasteiger partial charge < -0.3 is 5.32 Å². The second-order valence-electron chi connectivity index (χ2n) is 4.86. The van der Waals surface area contributed by atoms with Crippen LogP contribution in [0.3, 0.4) is 0 Å². The van der Waals surface area contributed by atoms with E-state index >= 15 is 0 Å². The molecule has 0 bridgehead atoms. The van der Waals surface area contributed by atoms with Gasteiger partial charge in [0.25, 0.3) is 0 Å². The molecule has 0 spiro atoms. The number of aryl methyl sites for hydroxylation is 1. The third kappa shape index (κ3) is 5.03. The molecule has 0 amide bonds. The van der Waals surface area contributed by atoms with Crippen molar-refractivity contribution in [1.29, 1.82) is 0 Å². The van der Waals surface area contributed by atoms with Gasteiger partial charge in [-0.25, -0.2) is 0 Å². The molecule has 0 fully saturated rings. The van der Waals surface area contributed by atoms with Gasteiger partial charge in [-0.15, -0.1) is 0 Å². The Labute approximate surface area is 117 Å². The van der Waals surface area contributed by atoms with Crippen molar-refractivity contribution in [2.75, 3.05) is 19.3 Å². The van der Waals surface area contributed by atoms with Gasteiger partial charge >= 0.3 is 0 Å². The van der Waals surface area contributed by atoms with Crippen molar-refractivity contribution in [3.63, 3.8) is 0 Å². The molecule has 0 heterocycles. The number of nitrogens with one attached hydrogen (secondary N) is 1. The summed E-state index contributed by atoms with van der Waals surface area (Å²) in [5, 5.41) is 3.63. The first-order valence-corrected chi connectivity index (χ1v) is 8.28. The molecule has 2 heteroatoms. The molecule has 0 atom stereocenters. The lowest BCUT2D eigenvalue weighted by atomic mass is 10.0. The highest BCUT2D eigenvalue weighted by Gasteiger charge is 2.23. The summed E-state index contributed by atoms with van der Waals surface area (Å²) in [4.78, 5) is 0. The van der Waals surface area contributed by atoms with E-state index in [2.05, 4.69) is 55.8 Å².